The van der Waals surface area contributed by atoms with E-state index in [0.29, 0.717) is 11.4 Å². The Labute approximate surface area is 133 Å². The van der Waals surface area contributed by atoms with E-state index < -0.39 is 11.6 Å². The number of likely N-dealkylation sites (N-methyl/N-ethyl adjacent to an activating group) is 1. The van der Waals surface area contributed by atoms with Gasteiger partial charge in [-0.2, -0.15) is 0 Å². The summed E-state index contributed by atoms with van der Waals surface area (Å²) in [6.45, 7) is 1.45. The van der Waals surface area contributed by atoms with Crippen molar-refractivity contribution >= 4 is 23.1 Å². The molecule has 0 unspecified atom stereocenters. The Morgan fingerprint density at radius 2 is 1.87 bits per heavy atom. The number of amides is 1. The fourth-order valence-electron chi connectivity index (χ4n) is 3.52. The van der Waals surface area contributed by atoms with Crippen molar-refractivity contribution in [2.75, 3.05) is 17.3 Å². The normalized spacial score (nSPS) is 24.7. The maximum absolute atomic E-state index is 13.1. The monoisotopic (exact) mass is 308 g/mol. The molecule has 0 aliphatic carbocycles. The third-order valence-electron chi connectivity index (χ3n) is 4.56. The number of rotatable bonds is 1. The molecule has 0 saturated heterocycles. The van der Waals surface area contributed by atoms with Crippen LogP contribution in [-0.4, -0.2) is 24.8 Å². The number of para-hydroxylation sites is 3. The van der Waals surface area contributed by atoms with Gasteiger partial charge in [0.2, 0.25) is 0 Å². The first-order valence-corrected chi connectivity index (χ1v) is 7.47. The molecule has 1 N–H and O–H groups in total. The summed E-state index contributed by atoms with van der Waals surface area (Å²) in [6.07, 6.45) is -0.906. The van der Waals surface area contributed by atoms with Crippen LogP contribution in [0, 0.1) is 0 Å². The second kappa shape index (κ2) is 4.59. The summed E-state index contributed by atoms with van der Waals surface area (Å²) in [7, 11) is 1.72. The molecule has 0 bridgehead atoms. The number of nitrogens with one attached hydrogen (secondary N) is 1. The molecule has 0 radical (unpaired) electrons. The second-order valence-electron chi connectivity index (χ2n) is 5.92. The number of benzene rings is 2. The number of anilines is 2. The van der Waals surface area contributed by atoms with E-state index in [9.17, 15) is 9.59 Å². The summed E-state index contributed by atoms with van der Waals surface area (Å²) in [5.74, 6) is 0.206. The van der Waals surface area contributed by atoms with Gasteiger partial charge in [0.15, 0.2) is 17.4 Å². The molecule has 1 amide bonds. The number of nitrogens with zero attached hydrogens (tertiary/aromatic N) is 1. The Hall–Kier alpha value is -2.82. The van der Waals surface area contributed by atoms with Gasteiger partial charge < -0.3 is 15.0 Å². The lowest BCUT2D eigenvalue weighted by Gasteiger charge is -2.41. The van der Waals surface area contributed by atoms with E-state index in [4.69, 9.17) is 4.74 Å². The van der Waals surface area contributed by atoms with E-state index in [2.05, 4.69) is 5.32 Å². The first-order chi connectivity index (χ1) is 11.1. The van der Waals surface area contributed by atoms with Crippen molar-refractivity contribution in [1.82, 2.24) is 0 Å². The third kappa shape index (κ3) is 1.67. The number of Topliss-reactive ketones (excluding diaryl/α,β-unsaturated/α-hetero) is 1. The van der Waals surface area contributed by atoms with E-state index in [1.165, 1.54) is 6.92 Å². The number of carbonyl (C=O) groups is 2. The molecule has 2 atom stereocenters. The average molecular weight is 308 g/mol. The largest absolute Gasteiger partial charge is 0.477 e. The molecule has 2 aliphatic rings. The van der Waals surface area contributed by atoms with E-state index in [-0.39, 0.29) is 11.7 Å². The fraction of sp³-hybridized carbons (Fsp3) is 0.222. The predicted molar refractivity (Wildman–Crippen MR) is 86.7 cm³/mol. The summed E-state index contributed by atoms with van der Waals surface area (Å²) in [6, 6.07) is 14.8. The first kappa shape index (κ1) is 13.8. The van der Waals surface area contributed by atoms with Crippen molar-refractivity contribution in [3.8, 4) is 5.75 Å². The van der Waals surface area contributed by atoms with Crippen LogP contribution in [0.15, 0.2) is 48.5 Å². The fourth-order valence-corrected chi connectivity index (χ4v) is 3.52. The highest BCUT2D eigenvalue weighted by Gasteiger charge is 2.60. The van der Waals surface area contributed by atoms with Gasteiger partial charge in [-0.3, -0.25) is 9.59 Å². The Morgan fingerprint density at radius 3 is 2.65 bits per heavy atom. The van der Waals surface area contributed by atoms with Gasteiger partial charge in [0.05, 0.1) is 5.69 Å². The molecule has 116 valence electrons. The lowest BCUT2D eigenvalue weighted by molar-refractivity contribution is -0.135. The summed E-state index contributed by atoms with van der Waals surface area (Å²) < 4.78 is 5.95. The predicted octanol–water partition coefficient (Wildman–Crippen LogP) is 2.32. The van der Waals surface area contributed by atoms with Gasteiger partial charge in [0.1, 0.15) is 5.75 Å². The number of hydrogen-bond acceptors (Lipinski definition) is 4. The SMILES string of the molecule is CC(=O)[C@H]1Oc2ccccc2N[C@]12C(=O)N(C)c1ccccc12. The van der Waals surface area contributed by atoms with Crippen LogP contribution in [-0.2, 0) is 15.1 Å². The Bertz CT molecular complexity index is 833. The molecular formula is C18H16N2O3. The van der Waals surface area contributed by atoms with Crippen molar-refractivity contribution in [3.63, 3.8) is 0 Å². The summed E-state index contributed by atoms with van der Waals surface area (Å²) in [5.41, 5.74) is 1.05. The molecule has 0 fully saturated rings. The molecular weight excluding hydrogens is 292 g/mol. The number of hydrogen-bond donors (Lipinski definition) is 1. The Morgan fingerprint density at radius 1 is 1.17 bits per heavy atom. The highest BCUT2D eigenvalue weighted by molar-refractivity contribution is 6.13. The van der Waals surface area contributed by atoms with Crippen LogP contribution < -0.4 is 15.0 Å². The van der Waals surface area contributed by atoms with Crippen molar-refractivity contribution in [2.24, 2.45) is 0 Å². The molecule has 5 heteroatoms. The van der Waals surface area contributed by atoms with Crippen LogP contribution in [0.4, 0.5) is 11.4 Å². The standard InChI is InChI=1S/C18H16N2O3/c1-11(21)16-18(19-13-8-4-6-10-15(13)23-16)12-7-3-5-9-14(12)20(2)17(18)22/h3-10,16,19H,1-2H3/t16-,18+/m1/s1. The molecule has 1 spiro atoms. The summed E-state index contributed by atoms with van der Waals surface area (Å²) >= 11 is 0. The first-order valence-electron chi connectivity index (χ1n) is 7.47. The molecule has 5 nitrogen and oxygen atoms in total. The smallest absolute Gasteiger partial charge is 0.261 e. The highest BCUT2D eigenvalue weighted by atomic mass is 16.5. The van der Waals surface area contributed by atoms with E-state index in [1.807, 2.05) is 42.5 Å². The molecule has 2 aromatic rings. The van der Waals surface area contributed by atoms with E-state index in [0.717, 1.165) is 11.3 Å². The van der Waals surface area contributed by atoms with Crippen molar-refractivity contribution in [2.45, 2.75) is 18.6 Å². The molecule has 0 aromatic heterocycles. The molecule has 2 heterocycles. The number of carbonyl (C=O) groups excluding carboxylic acids is 2. The maximum Gasteiger partial charge on any atom is 0.261 e. The minimum atomic E-state index is -1.22. The minimum Gasteiger partial charge on any atom is -0.477 e. The van der Waals surface area contributed by atoms with Gasteiger partial charge in [-0.1, -0.05) is 30.3 Å². The zero-order chi connectivity index (χ0) is 16.2. The topological polar surface area (TPSA) is 58.6 Å². The highest BCUT2D eigenvalue weighted by Crippen LogP contribution is 2.49. The minimum absolute atomic E-state index is 0.187. The van der Waals surface area contributed by atoms with Gasteiger partial charge in [-0.05, 0) is 25.1 Å². The van der Waals surface area contributed by atoms with Crippen LogP contribution in [0.5, 0.6) is 5.75 Å². The average Bonchev–Trinajstić information content (AvgIpc) is 2.77. The zero-order valence-corrected chi connectivity index (χ0v) is 12.9. The summed E-state index contributed by atoms with van der Waals surface area (Å²) in [5, 5.41) is 3.30. The number of ketones is 1. The van der Waals surface area contributed by atoms with Gasteiger partial charge in [0, 0.05) is 18.3 Å². The zero-order valence-electron chi connectivity index (χ0n) is 12.9. The van der Waals surface area contributed by atoms with Crippen molar-refractivity contribution < 1.29 is 14.3 Å². The van der Waals surface area contributed by atoms with Gasteiger partial charge in [-0.15, -0.1) is 0 Å². The van der Waals surface area contributed by atoms with E-state index in [1.54, 1.807) is 18.0 Å². The van der Waals surface area contributed by atoms with Gasteiger partial charge in [-0.25, -0.2) is 0 Å². The Kier molecular flexibility index (Phi) is 2.75. The van der Waals surface area contributed by atoms with Crippen LogP contribution in [0.1, 0.15) is 12.5 Å². The number of ether oxygens (including phenoxy) is 1. The summed E-state index contributed by atoms with van der Waals surface area (Å²) in [4.78, 5) is 27.0. The molecule has 2 aliphatic heterocycles. The lowest BCUT2D eigenvalue weighted by Crippen LogP contribution is -2.60. The van der Waals surface area contributed by atoms with Gasteiger partial charge in [0.25, 0.3) is 5.91 Å². The van der Waals surface area contributed by atoms with Crippen molar-refractivity contribution in [1.29, 1.82) is 0 Å². The number of fused-ring (bicyclic) bond motifs is 3. The van der Waals surface area contributed by atoms with Gasteiger partial charge >= 0.3 is 0 Å². The van der Waals surface area contributed by atoms with Crippen LogP contribution in [0.2, 0.25) is 0 Å². The molecule has 23 heavy (non-hydrogen) atoms. The second-order valence-corrected chi connectivity index (χ2v) is 5.92. The van der Waals surface area contributed by atoms with Crippen LogP contribution >= 0.6 is 0 Å². The maximum atomic E-state index is 13.1. The van der Waals surface area contributed by atoms with Crippen molar-refractivity contribution in [3.05, 3.63) is 54.1 Å². The molecule has 2 aromatic carbocycles. The van der Waals surface area contributed by atoms with Crippen LogP contribution in [0.3, 0.4) is 0 Å². The lowest BCUT2D eigenvalue weighted by atomic mass is 9.82. The van der Waals surface area contributed by atoms with Crippen LogP contribution in [0.25, 0.3) is 0 Å². The van der Waals surface area contributed by atoms with E-state index >= 15 is 0 Å². The Balaban J connectivity index is 1.98. The third-order valence-corrected chi connectivity index (χ3v) is 4.56. The molecule has 4 rings (SSSR count). The molecule has 0 saturated carbocycles. The quantitative estimate of drug-likeness (QED) is 0.878.